The van der Waals surface area contributed by atoms with Gasteiger partial charge in [-0.2, -0.15) is 0 Å². The summed E-state index contributed by atoms with van der Waals surface area (Å²) in [5.74, 6) is -1.67. The van der Waals surface area contributed by atoms with E-state index in [9.17, 15) is 14.4 Å². The molecule has 0 bridgehead atoms. The molecule has 2 rings (SSSR count). The second kappa shape index (κ2) is 7.46. The first-order valence-corrected chi connectivity index (χ1v) is 7.41. The number of carboxylic acids is 1. The van der Waals surface area contributed by atoms with Crippen LogP contribution < -0.4 is 5.32 Å². The van der Waals surface area contributed by atoms with Gasteiger partial charge in [-0.1, -0.05) is 30.3 Å². The van der Waals surface area contributed by atoms with Gasteiger partial charge in [0.2, 0.25) is 5.01 Å². The summed E-state index contributed by atoms with van der Waals surface area (Å²) in [5, 5.41) is 11.2. The average molecular weight is 318 g/mol. The standard InChI is InChI=1S/C15H14N2O4S/c18-9-11(7-6-10-4-2-1-3-5-10)17-13(19)12-8-16-14(22-12)15(20)21/h1-5,8-9,11H,6-7H2,(H,17,19)(H,20,21)/t11-/m0/s1. The van der Waals surface area contributed by atoms with Gasteiger partial charge >= 0.3 is 5.97 Å². The van der Waals surface area contributed by atoms with Crippen molar-refractivity contribution in [2.45, 2.75) is 18.9 Å². The summed E-state index contributed by atoms with van der Waals surface area (Å²) in [6.45, 7) is 0. The lowest BCUT2D eigenvalue weighted by Crippen LogP contribution is -2.36. The van der Waals surface area contributed by atoms with Crippen molar-refractivity contribution >= 4 is 29.5 Å². The van der Waals surface area contributed by atoms with Crippen molar-refractivity contribution in [1.82, 2.24) is 10.3 Å². The first-order valence-electron chi connectivity index (χ1n) is 6.59. The molecule has 22 heavy (non-hydrogen) atoms. The molecule has 0 saturated carbocycles. The fourth-order valence-electron chi connectivity index (χ4n) is 1.86. The van der Waals surface area contributed by atoms with Crippen molar-refractivity contribution < 1.29 is 19.5 Å². The number of aryl methyl sites for hydroxylation is 1. The third kappa shape index (κ3) is 4.23. The molecule has 0 fully saturated rings. The predicted molar refractivity (Wildman–Crippen MR) is 81.2 cm³/mol. The van der Waals surface area contributed by atoms with Gasteiger partial charge in [0.25, 0.3) is 5.91 Å². The van der Waals surface area contributed by atoms with Gasteiger partial charge in [-0.15, -0.1) is 11.3 Å². The maximum atomic E-state index is 12.0. The number of rotatable bonds is 7. The first-order chi connectivity index (χ1) is 10.6. The Hall–Kier alpha value is -2.54. The third-order valence-corrected chi connectivity index (χ3v) is 3.96. The van der Waals surface area contributed by atoms with Crippen molar-refractivity contribution in [2.24, 2.45) is 0 Å². The lowest BCUT2D eigenvalue weighted by atomic mass is 10.1. The number of thiazole rings is 1. The minimum atomic E-state index is -1.18. The van der Waals surface area contributed by atoms with Crippen molar-refractivity contribution in [3.8, 4) is 0 Å². The van der Waals surface area contributed by atoms with Gasteiger partial charge < -0.3 is 15.2 Å². The Labute approximate surface area is 130 Å². The summed E-state index contributed by atoms with van der Waals surface area (Å²) >= 11 is 0.777. The molecule has 2 N–H and O–H groups in total. The quantitative estimate of drug-likeness (QED) is 0.758. The molecule has 0 saturated heterocycles. The van der Waals surface area contributed by atoms with Crippen molar-refractivity contribution in [2.75, 3.05) is 0 Å². The minimum Gasteiger partial charge on any atom is -0.476 e. The highest BCUT2D eigenvalue weighted by molar-refractivity contribution is 7.15. The Morgan fingerprint density at radius 3 is 2.64 bits per heavy atom. The number of amides is 1. The maximum Gasteiger partial charge on any atom is 0.365 e. The Morgan fingerprint density at radius 1 is 1.32 bits per heavy atom. The van der Waals surface area contributed by atoms with Crippen molar-refractivity contribution in [1.29, 1.82) is 0 Å². The van der Waals surface area contributed by atoms with Crippen molar-refractivity contribution in [3.05, 3.63) is 52.0 Å². The van der Waals surface area contributed by atoms with E-state index in [0.717, 1.165) is 16.9 Å². The monoisotopic (exact) mass is 318 g/mol. The molecule has 6 nitrogen and oxygen atoms in total. The lowest BCUT2D eigenvalue weighted by Gasteiger charge is -2.11. The molecule has 0 radical (unpaired) electrons. The zero-order chi connectivity index (χ0) is 15.9. The van der Waals surface area contributed by atoms with Crippen LogP contribution in [0, 0.1) is 0 Å². The molecule has 114 valence electrons. The number of carboxylic acid groups (broad SMARTS) is 1. The zero-order valence-corrected chi connectivity index (χ0v) is 12.4. The van der Waals surface area contributed by atoms with Crippen LogP contribution in [-0.4, -0.2) is 34.3 Å². The summed E-state index contributed by atoms with van der Waals surface area (Å²) in [5.41, 5.74) is 1.08. The van der Waals surface area contributed by atoms with Crippen LogP contribution in [0.4, 0.5) is 0 Å². The molecular weight excluding hydrogens is 304 g/mol. The molecule has 1 amide bonds. The number of benzene rings is 1. The van der Waals surface area contributed by atoms with Crippen molar-refractivity contribution in [3.63, 3.8) is 0 Å². The molecule has 7 heteroatoms. The van der Waals surface area contributed by atoms with E-state index in [1.807, 2.05) is 30.3 Å². The number of hydrogen-bond acceptors (Lipinski definition) is 5. The topological polar surface area (TPSA) is 96.4 Å². The summed E-state index contributed by atoms with van der Waals surface area (Å²) in [6, 6.07) is 9.01. The zero-order valence-electron chi connectivity index (χ0n) is 11.6. The van der Waals surface area contributed by atoms with Gasteiger partial charge in [0.1, 0.15) is 11.2 Å². The normalized spacial score (nSPS) is 11.6. The number of nitrogens with one attached hydrogen (secondary N) is 1. The highest BCUT2D eigenvalue weighted by Crippen LogP contribution is 2.13. The molecule has 1 aromatic carbocycles. The molecule has 1 atom stereocenters. The Kier molecular flexibility index (Phi) is 5.37. The van der Waals surface area contributed by atoms with Crippen LogP contribution in [0.1, 0.15) is 31.5 Å². The summed E-state index contributed by atoms with van der Waals surface area (Å²) in [6.07, 6.45) is 3.01. The van der Waals surface area contributed by atoms with Gasteiger partial charge in [-0.05, 0) is 18.4 Å². The minimum absolute atomic E-state index is 0.155. The van der Waals surface area contributed by atoms with Gasteiger partial charge in [0, 0.05) is 0 Å². The highest BCUT2D eigenvalue weighted by Gasteiger charge is 2.17. The average Bonchev–Trinajstić information content (AvgIpc) is 3.02. The Morgan fingerprint density at radius 2 is 2.05 bits per heavy atom. The number of hydrogen-bond donors (Lipinski definition) is 2. The predicted octanol–water partition coefficient (Wildman–Crippen LogP) is 1.77. The van der Waals surface area contributed by atoms with E-state index < -0.39 is 17.9 Å². The fraction of sp³-hybridized carbons (Fsp3) is 0.200. The second-order valence-corrected chi connectivity index (χ2v) is 5.61. The molecule has 1 heterocycles. The van der Waals surface area contributed by atoms with E-state index in [1.54, 1.807) is 0 Å². The number of aromatic carboxylic acids is 1. The first kappa shape index (κ1) is 15.8. The number of carbonyl (C=O) groups is 3. The molecule has 1 aromatic heterocycles. The summed E-state index contributed by atoms with van der Waals surface area (Å²) in [7, 11) is 0. The van der Waals surface area contributed by atoms with Gasteiger partial charge in [-0.25, -0.2) is 9.78 Å². The van der Waals surface area contributed by atoms with E-state index in [4.69, 9.17) is 5.11 Å². The maximum absolute atomic E-state index is 12.0. The van der Waals surface area contributed by atoms with E-state index in [0.29, 0.717) is 19.1 Å². The van der Waals surface area contributed by atoms with Gasteiger partial charge in [0.05, 0.1) is 12.2 Å². The molecule has 2 aromatic rings. The van der Waals surface area contributed by atoms with Crippen LogP contribution in [0.25, 0.3) is 0 Å². The van der Waals surface area contributed by atoms with E-state index in [-0.39, 0.29) is 9.88 Å². The Bertz CT molecular complexity index is 669. The summed E-state index contributed by atoms with van der Waals surface area (Å²) < 4.78 is 0. The Balaban J connectivity index is 1.92. The van der Waals surface area contributed by atoms with Crippen LogP contribution in [0.2, 0.25) is 0 Å². The fourth-order valence-corrected chi connectivity index (χ4v) is 2.52. The van der Waals surface area contributed by atoms with E-state index in [2.05, 4.69) is 10.3 Å². The second-order valence-electron chi connectivity index (χ2n) is 4.58. The van der Waals surface area contributed by atoms with Crippen LogP contribution in [0.5, 0.6) is 0 Å². The van der Waals surface area contributed by atoms with Crippen LogP contribution >= 0.6 is 11.3 Å². The molecule has 0 unspecified atom stereocenters. The summed E-state index contributed by atoms with van der Waals surface area (Å²) in [4.78, 5) is 37.6. The molecule has 0 aliphatic carbocycles. The number of aromatic nitrogens is 1. The van der Waals surface area contributed by atoms with E-state index >= 15 is 0 Å². The molecule has 0 spiro atoms. The number of carbonyl (C=O) groups excluding carboxylic acids is 2. The molecule has 0 aliphatic heterocycles. The smallest absolute Gasteiger partial charge is 0.365 e. The highest BCUT2D eigenvalue weighted by atomic mass is 32.1. The van der Waals surface area contributed by atoms with Crippen LogP contribution in [-0.2, 0) is 11.2 Å². The van der Waals surface area contributed by atoms with Gasteiger partial charge in [-0.3, -0.25) is 4.79 Å². The van der Waals surface area contributed by atoms with E-state index in [1.165, 1.54) is 6.20 Å². The number of nitrogens with zero attached hydrogens (tertiary/aromatic N) is 1. The van der Waals surface area contributed by atoms with Gasteiger partial charge in [0.15, 0.2) is 0 Å². The largest absolute Gasteiger partial charge is 0.476 e. The lowest BCUT2D eigenvalue weighted by molar-refractivity contribution is -0.109. The van der Waals surface area contributed by atoms with Crippen LogP contribution in [0.15, 0.2) is 36.5 Å². The number of aldehydes is 1. The SMILES string of the molecule is O=C[C@H](CCc1ccccc1)NC(=O)c1cnc(C(=O)O)s1. The molecular formula is C15H14N2O4S. The van der Waals surface area contributed by atoms with Crippen LogP contribution in [0.3, 0.4) is 0 Å². The third-order valence-electron chi connectivity index (χ3n) is 2.98. The molecule has 0 aliphatic rings.